The highest BCUT2D eigenvalue weighted by atomic mass is 16.5. The van der Waals surface area contributed by atoms with Crippen molar-refractivity contribution in [1.82, 2.24) is 4.90 Å². The molecule has 5 heteroatoms. The number of carbonyl (C=O) groups excluding carboxylic acids is 2. The number of anilines is 1. The van der Waals surface area contributed by atoms with Crippen LogP contribution in [-0.4, -0.2) is 49.1 Å². The van der Waals surface area contributed by atoms with Crippen LogP contribution in [0.3, 0.4) is 0 Å². The Kier molecular flexibility index (Phi) is 5.07. The van der Waals surface area contributed by atoms with Crippen molar-refractivity contribution in [2.45, 2.75) is 45.1 Å². The highest BCUT2D eigenvalue weighted by Crippen LogP contribution is 2.35. The number of piperidine rings is 1. The van der Waals surface area contributed by atoms with Gasteiger partial charge in [-0.2, -0.15) is 0 Å². The van der Waals surface area contributed by atoms with Gasteiger partial charge in [-0.1, -0.05) is 25.1 Å². The van der Waals surface area contributed by atoms with Crippen LogP contribution in [0.15, 0.2) is 24.3 Å². The molecule has 0 radical (unpaired) electrons. The van der Waals surface area contributed by atoms with E-state index in [1.165, 1.54) is 5.56 Å². The fraction of sp³-hybridized carbons (Fsp3) is 0.579. The lowest BCUT2D eigenvalue weighted by atomic mass is 10.0. The first kappa shape index (κ1) is 16.8. The minimum absolute atomic E-state index is 0.0247. The van der Waals surface area contributed by atoms with Gasteiger partial charge in [0.1, 0.15) is 6.04 Å². The zero-order chi connectivity index (χ0) is 17.1. The molecule has 5 nitrogen and oxygen atoms in total. The molecule has 2 unspecified atom stereocenters. The van der Waals surface area contributed by atoms with E-state index >= 15 is 0 Å². The lowest BCUT2D eigenvalue weighted by molar-refractivity contribution is -0.156. The predicted octanol–water partition coefficient (Wildman–Crippen LogP) is 2.55. The van der Waals surface area contributed by atoms with E-state index in [1.807, 2.05) is 12.1 Å². The summed E-state index contributed by atoms with van der Waals surface area (Å²) in [5, 5.41) is 0. The van der Waals surface area contributed by atoms with E-state index in [1.54, 1.807) is 11.8 Å². The summed E-state index contributed by atoms with van der Waals surface area (Å²) >= 11 is 0. The number of amides is 1. The summed E-state index contributed by atoms with van der Waals surface area (Å²) in [5.41, 5.74) is 2.44. The monoisotopic (exact) mass is 330 g/mol. The van der Waals surface area contributed by atoms with Gasteiger partial charge < -0.3 is 14.5 Å². The molecule has 24 heavy (non-hydrogen) atoms. The Labute approximate surface area is 143 Å². The first-order chi connectivity index (χ1) is 11.6. The SMILES string of the molecule is CCOC(=O)C1CCCCN1C(=O)CN1CC(C)c2ccccc21. The molecule has 0 bridgehead atoms. The Morgan fingerprint density at radius 3 is 2.83 bits per heavy atom. The lowest BCUT2D eigenvalue weighted by Crippen LogP contribution is -2.51. The van der Waals surface area contributed by atoms with Gasteiger partial charge in [0.05, 0.1) is 13.2 Å². The van der Waals surface area contributed by atoms with Crippen molar-refractivity contribution >= 4 is 17.6 Å². The van der Waals surface area contributed by atoms with Crippen LogP contribution in [0.25, 0.3) is 0 Å². The van der Waals surface area contributed by atoms with Crippen molar-refractivity contribution in [2.24, 2.45) is 0 Å². The molecule has 130 valence electrons. The van der Waals surface area contributed by atoms with Crippen molar-refractivity contribution in [3.8, 4) is 0 Å². The zero-order valence-electron chi connectivity index (χ0n) is 14.5. The largest absolute Gasteiger partial charge is 0.464 e. The number of esters is 1. The van der Waals surface area contributed by atoms with E-state index < -0.39 is 6.04 Å². The van der Waals surface area contributed by atoms with Gasteiger partial charge in [0, 0.05) is 24.7 Å². The van der Waals surface area contributed by atoms with Crippen LogP contribution in [0.2, 0.25) is 0 Å². The number of ether oxygens (including phenoxy) is 1. The maximum atomic E-state index is 12.9. The standard InChI is InChI=1S/C19H26N2O3/c1-3-24-19(23)17-10-6-7-11-21(17)18(22)13-20-12-14(2)15-8-4-5-9-16(15)20/h4-5,8-9,14,17H,3,6-7,10-13H2,1-2H3. The summed E-state index contributed by atoms with van der Waals surface area (Å²) in [6.45, 7) is 6.17. The van der Waals surface area contributed by atoms with Crippen molar-refractivity contribution < 1.29 is 14.3 Å². The second-order valence-corrected chi connectivity index (χ2v) is 6.69. The second kappa shape index (κ2) is 7.24. The maximum absolute atomic E-state index is 12.9. The molecule has 3 rings (SSSR count). The van der Waals surface area contributed by atoms with Gasteiger partial charge in [0.2, 0.25) is 5.91 Å². The molecule has 1 fully saturated rings. The van der Waals surface area contributed by atoms with Crippen LogP contribution in [-0.2, 0) is 14.3 Å². The number of fused-ring (bicyclic) bond motifs is 1. The highest BCUT2D eigenvalue weighted by Gasteiger charge is 2.35. The molecular formula is C19H26N2O3. The van der Waals surface area contributed by atoms with Crippen molar-refractivity contribution in [1.29, 1.82) is 0 Å². The Bertz CT molecular complexity index is 616. The third-order valence-electron chi connectivity index (χ3n) is 5.01. The van der Waals surface area contributed by atoms with E-state index in [0.29, 0.717) is 32.0 Å². The molecule has 2 heterocycles. The van der Waals surface area contributed by atoms with E-state index in [4.69, 9.17) is 4.74 Å². The van der Waals surface area contributed by atoms with Crippen LogP contribution in [0.5, 0.6) is 0 Å². The number of para-hydroxylation sites is 1. The van der Waals surface area contributed by atoms with Crippen LogP contribution >= 0.6 is 0 Å². The first-order valence-corrected chi connectivity index (χ1v) is 8.91. The third kappa shape index (κ3) is 3.25. The number of carbonyl (C=O) groups is 2. The van der Waals surface area contributed by atoms with Crippen LogP contribution in [0.1, 0.15) is 44.6 Å². The summed E-state index contributed by atoms with van der Waals surface area (Å²) < 4.78 is 5.16. The average Bonchev–Trinajstić information content (AvgIpc) is 2.91. The predicted molar refractivity (Wildman–Crippen MR) is 93.1 cm³/mol. The molecule has 1 aromatic rings. The van der Waals surface area contributed by atoms with Gasteiger partial charge in [-0.25, -0.2) is 4.79 Å². The summed E-state index contributed by atoms with van der Waals surface area (Å²) in [5.74, 6) is 0.189. The van der Waals surface area contributed by atoms with Crippen molar-refractivity contribution in [3.63, 3.8) is 0 Å². The van der Waals surface area contributed by atoms with Gasteiger partial charge in [0.15, 0.2) is 0 Å². The van der Waals surface area contributed by atoms with Crippen LogP contribution < -0.4 is 4.90 Å². The van der Waals surface area contributed by atoms with Crippen molar-refractivity contribution in [2.75, 3.05) is 31.1 Å². The number of rotatable bonds is 4. The Hall–Kier alpha value is -2.04. The quantitative estimate of drug-likeness (QED) is 0.796. The molecule has 2 aliphatic rings. The van der Waals surface area contributed by atoms with Crippen LogP contribution in [0.4, 0.5) is 5.69 Å². The number of hydrogen-bond donors (Lipinski definition) is 0. The van der Waals surface area contributed by atoms with Gasteiger partial charge >= 0.3 is 5.97 Å². The van der Waals surface area contributed by atoms with Crippen molar-refractivity contribution in [3.05, 3.63) is 29.8 Å². The molecule has 0 N–H and O–H groups in total. The highest BCUT2D eigenvalue weighted by molar-refractivity contribution is 5.88. The smallest absolute Gasteiger partial charge is 0.328 e. The molecule has 0 spiro atoms. The number of hydrogen-bond acceptors (Lipinski definition) is 4. The van der Waals surface area contributed by atoms with E-state index in [-0.39, 0.29) is 11.9 Å². The van der Waals surface area contributed by atoms with E-state index in [9.17, 15) is 9.59 Å². The van der Waals surface area contributed by atoms with Gasteiger partial charge in [-0.15, -0.1) is 0 Å². The zero-order valence-corrected chi connectivity index (χ0v) is 14.5. The molecule has 0 aliphatic carbocycles. The number of benzene rings is 1. The first-order valence-electron chi connectivity index (χ1n) is 8.91. The fourth-order valence-electron chi connectivity index (χ4n) is 3.84. The topological polar surface area (TPSA) is 49.9 Å². The molecule has 1 amide bonds. The molecule has 1 aromatic carbocycles. The Morgan fingerprint density at radius 1 is 1.25 bits per heavy atom. The van der Waals surface area contributed by atoms with Gasteiger partial charge in [-0.3, -0.25) is 4.79 Å². The molecular weight excluding hydrogens is 304 g/mol. The Balaban J connectivity index is 1.71. The van der Waals surface area contributed by atoms with Gasteiger partial charge in [-0.05, 0) is 37.8 Å². The fourth-order valence-corrected chi connectivity index (χ4v) is 3.84. The molecule has 0 aromatic heterocycles. The summed E-state index contributed by atoms with van der Waals surface area (Å²) in [6.07, 6.45) is 2.63. The summed E-state index contributed by atoms with van der Waals surface area (Å²) in [4.78, 5) is 28.9. The third-order valence-corrected chi connectivity index (χ3v) is 5.01. The minimum Gasteiger partial charge on any atom is -0.464 e. The van der Waals surface area contributed by atoms with Crippen LogP contribution in [0, 0.1) is 0 Å². The summed E-state index contributed by atoms with van der Waals surface area (Å²) in [7, 11) is 0. The van der Waals surface area contributed by atoms with E-state index in [0.717, 1.165) is 25.1 Å². The molecule has 0 saturated carbocycles. The molecule has 1 saturated heterocycles. The molecule has 2 atom stereocenters. The molecule has 2 aliphatic heterocycles. The normalized spacial score (nSPS) is 23.1. The second-order valence-electron chi connectivity index (χ2n) is 6.69. The van der Waals surface area contributed by atoms with E-state index in [2.05, 4.69) is 24.0 Å². The maximum Gasteiger partial charge on any atom is 0.328 e. The Morgan fingerprint density at radius 2 is 2.04 bits per heavy atom. The number of likely N-dealkylation sites (tertiary alicyclic amines) is 1. The number of nitrogens with zero attached hydrogens (tertiary/aromatic N) is 2. The summed E-state index contributed by atoms with van der Waals surface area (Å²) in [6, 6.07) is 7.85. The minimum atomic E-state index is -0.415. The van der Waals surface area contributed by atoms with Gasteiger partial charge in [0.25, 0.3) is 0 Å². The average molecular weight is 330 g/mol. The lowest BCUT2D eigenvalue weighted by Gasteiger charge is -2.35.